The average molecular weight is 260 g/mol. The third-order valence-corrected chi connectivity index (χ3v) is 3.50. The van der Waals surface area contributed by atoms with Crippen LogP contribution in [0.2, 0.25) is 0 Å². The van der Waals surface area contributed by atoms with E-state index in [2.05, 4.69) is 4.98 Å². The molecule has 0 atom stereocenters. The first-order valence-corrected chi connectivity index (χ1v) is 6.47. The zero-order chi connectivity index (χ0) is 13.5. The summed E-state index contributed by atoms with van der Waals surface area (Å²) < 4.78 is 1.95. The SMILES string of the molecule is Oc1cc2ccccc2cc1-c1cn2ccccc2n1. The van der Waals surface area contributed by atoms with Crippen molar-refractivity contribution < 1.29 is 5.11 Å². The zero-order valence-electron chi connectivity index (χ0n) is 10.7. The summed E-state index contributed by atoms with van der Waals surface area (Å²) in [5.74, 6) is 0.257. The van der Waals surface area contributed by atoms with Crippen LogP contribution in [-0.2, 0) is 0 Å². The van der Waals surface area contributed by atoms with Gasteiger partial charge in [0.25, 0.3) is 0 Å². The van der Waals surface area contributed by atoms with Gasteiger partial charge in [-0.3, -0.25) is 0 Å². The molecule has 96 valence electrons. The first-order chi connectivity index (χ1) is 9.81. The Kier molecular flexibility index (Phi) is 2.27. The van der Waals surface area contributed by atoms with Crippen LogP contribution in [0.1, 0.15) is 0 Å². The van der Waals surface area contributed by atoms with Crippen LogP contribution in [0, 0.1) is 0 Å². The summed E-state index contributed by atoms with van der Waals surface area (Å²) in [7, 11) is 0. The fraction of sp³-hybridized carbons (Fsp3) is 0. The maximum absolute atomic E-state index is 10.2. The number of fused-ring (bicyclic) bond motifs is 2. The van der Waals surface area contributed by atoms with Crippen molar-refractivity contribution >= 4 is 16.4 Å². The summed E-state index contributed by atoms with van der Waals surface area (Å²) in [6.45, 7) is 0. The average Bonchev–Trinajstić information content (AvgIpc) is 2.90. The lowest BCUT2D eigenvalue weighted by Gasteiger charge is -2.04. The lowest BCUT2D eigenvalue weighted by Crippen LogP contribution is -1.81. The molecule has 4 rings (SSSR count). The molecule has 3 heteroatoms. The predicted molar refractivity (Wildman–Crippen MR) is 79.8 cm³/mol. The second-order valence-electron chi connectivity index (χ2n) is 4.81. The smallest absolute Gasteiger partial charge is 0.137 e. The van der Waals surface area contributed by atoms with Gasteiger partial charge in [-0.25, -0.2) is 4.98 Å². The number of pyridine rings is 1. The largest absolute Gasteiger partial charge is 0.507 e. The summed E-state index contributed by atoms with van der Waals surface area (Å²) in [5, 5.41) is 12.4. The van der Waals surface area contributed by atoms with E-state index >= 15 is 0 Å². The highest BCUT2D eigenvalue weighted by atomic mass is 16.3. The van der Waals surface area contributed by atoms with Gasteiger partial charge in [-0.15, -0.1) is 0 Å². The third kappa shape index (κ3) is 1.64. The number of aromatic nitrogens is 2. The molecule has 0 unspecified atom stereocenters. The standard InChI is InChI=1S/C17H12N2O/c20-16-10-13-6-2-1-5-12(13)9-14(16)15-11-19-8-4-3-7-17(19)18-15/h1-11,20H. The van der Waals surface area contributed by atoms with Crippen molar-refractivity contribution in [2.75, 3.05) is 0 Å². The molecule has 2 aromatic carbocycles. The van der Waals surface area contributed by atoms with Crippen molar-refractivity contribution in [3.8, 4) is 17.0 Å². The summed E-state index contributed by atoms with van der Waals surface area (Å²) in [5.41, 5.74) is 2.40. The third-order valence-electron chi connectivity index (χ3n) is 3.50. The summed E-state index contributed by atoms with van der Waals surface area (Å²) in [6, 6.07) is 17.6. The molecular formula is C17H12N2O. The van der Waals surface area contributed by atoms with E-state index in [9.17, 15) is 5.11 Å². The van der Waals surface area contributed by atoms with Gasteiger partial charge in [0.2, 0.25) is 0 Å². The molecule has 20 heavy (non-hydrogen) atoms. The molecule has 0 aliphatic heterocycles. The minimum absolute atomic E-state index is 0.257. The van der Waals surface area contributed by atoms with Gasteiger partial charge in [0, 0.05) is 18.0 Å². The number of hydrogen-bond acceptors (Lipinski definition) is 2. The number of nitrogens with zero attached hydrogens (tertiary/aromatic N) is 2. The van der Waals surface area contributed by atoms with Gasteiger partial charge in [0.05, 0.1) is 5.69 Å². The number of aromatic hydroxyl groups is 1. The van der Waals surface area contributed by atoms with E-state index in [4.69, 9.17) is 0 Å². The summed E-state index contributed by atoms with van der Waals surface area (Å²) in [6.07, 6.45) is 3.88. The van der Waals surface area contributed by atoms with Gasteiger partial charge >= 0.3 is 0 Å². The van der Waals surface area contributed by atoms with E-state index in [0.29, 0.717) is 0 Å². The topological polar surface area (TPSA) is 37.5 Å². The van der Waals surface area contributed by atoms with Gasteiger partial charge in [0.1, 0.15) is 11.4 Å². The first-order valence-electron chi connectivity index (χ1n) is 6.47. The highest BCUT2D eigenvalue weighted by molar-refractivity contribution is 5.90. The van der Waals surface area contributed by atoms with E-state index in [1.54, 1.807) is 6.07 Å². The molecule has 0 bridgehead atoms. The Morgan fingerprint density at radius 1 is 0.900 bits per heavy atom. The molecule has 0 fully saturated rings. The monoisotopic (exact) mass is 260 g/mol. The fourth-order valence-corrected chi connectivity index (χ4v) is 2.50. The molecule has 0 amide bonds. The molecule has 0 aliphatic carbocycles. The maximum atomic E-state index is 10.2. The van der Waals surface area contributed by atoms with Crippen LogP contribution in [0.3, 0.4) is 0 Å². The van der Waals surface area contributed by atoms with Gasteiger partial charge in [-0.05, 0) is 35.0 Å². The normalized spacial score (nSPS) is 11.2. The van der Waals surface area contributed by atoms with Gasteiger partial charge < -0.3 is 9.51 Å². The lowest BCUT2D eigenvalue weighted by atomic mass is 10.0. The second-order valence-corrected chi connectivity index (χ2v) is 4.81. The first kappa shape index (κ1) is 11.1. The molecule has 2 heterocycles. The van der Waals surface area contributed by atoms with Crippen LogP contribution in [0.4, 0.5) is 0 Å². The molecular weight excluding hydrogens is 248 g/mol. The Labute approximate surface area is 115 Å². The van der Waals surface area contributed by atoms with Crippen LogP contribution in [0.25, 0.3) is 27.7 Å². The molecule has 1 N–H and O–H groups in total. The van der Waals surface area contributed by atoms with Crippen molar-refractivity contribution in [1.29, 1.82) is 0 Å². The summed E-state index contributed by atoms with van der Waals surface area (Å²) in [4.78, 5) is 4.55. The van der Waals surface area contributed by atoms with E-state index in [0.717, 1.165) is 27.7 Å². The molecule has 3 nitrogen and oxygen atoms in total. The zero-order valence-corrected chi connectivity index (χ0v) is 10.7. The van der Waals surface area contributed by atoms with E-state index in [1.165, 1.54) is 0 Å². The van der Waals surface area contributed by atoms with Gasteiger partial charge in [0.15, 0.2) is 0 Å². The predicted octanol–water partition coefficient (Wildman–Crippen LogP) is 3.86. The summed E-state index contributed by atoms with van der Waals surface area (Å²) >= 11 is 0. The van der Waals surface area contributed by atoms with Gasteiger partial charge in [-0.1, -0.05) is 30.3 Å². The Balaban J connectivity index is 1.98. The van der Waals surface area contributed by atoms with E-state index in [1.807, 2.05) is 65.3 Å². The highest BCUT2D eigenvalue weighted by Crippen LogP contribution is 2.32. The number of imidazole rings is 1. The molecule has 0 saturated heterocycles. The van der Waals surface area contributed by atoms with Gasteiger partial charge in [-0.2, -0.15) is 0 Å². The molecule has 0 aliphatic rings. The molecule has 4 aromatic rings. The Hall–Kier alpha value is -2.81. The van der Waals surface area contributed by atoms with Crippen molar-refractivity contribution in [2.45, 2.75) is 0 Å². The number of benzene rings is 2. The van der Waals surface area contributed by atoms with Crippen molar-refractivity contribution in [3.63, 3.8) is 0 Å². The minimum atomic E-state index is 0.257. The van der Waals surface area contributed by atoms with E-state index < -0.39 is 0 Å². The molecule has 0 radical (unpaired) electrons. The minimum Gasteiger partial charge on any atom is -0.507 e. The number of rotatable bonds is 1. The number of phenolic OH excluding ortho intramolecular Hbond substituents is 1. The molecule has 2 aromatic heterocycles. The van der Waals surface area contributed by atoms with E-state index in [-0.39, 0.29) is 5.75 Å². The van der Waals surface area contributed by atoms with Crippen LogP contribution >= 0.6 is 0 Å². The maximum Gasteiger partial charge on any atom is 0.137 e. The Morgan fingerprint density at radius 3 is 2.45 bits per heavy atom. The van der Waals surface area contributed by atoms with Crippen LogP contribution in [0.15, 0.2) is 67.0 Å². The molecule has 0 spiro atoms. The molecule has 0 saturated carbocycles. The van der Waals surface area contributed by atoms with Crippen LogP contribution in [-0.4, -0.2) is 14.5 Å². The van der Waals surface area contributed by atoms with Crippen LogP contribution < -0.4 is 0 Å². The number of phenols is 1. The number of hydrogen-bond donors (Lipinski definition) is 1. The Morgan fingerprint density at radius 2 is 1.65 bits per heavy atom. The lowest BCUT2D eigenvalue weighted by molar-refractivity contribution is 0.478. The van der Waals surface area contributed by atoms with Crippen molar-refractivity contribution in [3.05, 3.63) is 67.0 Å². The second kappa shape index (κ2) is 4.10. The fourth-order valence-electron chi connectivity index (χ4n) is 2.50. The Bertz CT molecular complexity index is 891. The quantitative estimate of drug-likeness (QED) is 0.564. The van der Waals surface area contributed by atoms with Crippen molar-refractivity contribution in [2.24, 2.45) is 0 Å². The van der Waals surface area contributed by atoms with Crippen molar-refractivity contribution in [1.82, 2.24) is 9.38 Å². The van der Waals surface area contributed by atoms with Crippen LogP contribution in [0.5, 0.6) is 5.75 Å². The highest BCUT2D eigenvalue weighted by Gasteiger charge is 2.10.